The maximum Gasteiger partial charge on any atom is 0.134 e. The minimum absolute atomic E-state index is 0.342. The molecule has 0 atom stereocenters. The monoisotopic (exact) mass is 346 g/mol. The number of hydrogen-bond acceptors (Lipinski definition) is 4. The van der Waals surface area contributed by atoms with Crippen molar-refractivity contribution in [3.05, 3.63) is 83.7 Å². The fourth-order valence-corrected chi connectivity index (χ4v) is 2.90. The van der Waals surface area contributed by atoms with E-state index < -0.39 is 0 Å². The summed E-state index contributed by atoms with van der Waals surface area (Å²) < 4.78 is 0. The summed E-state index contributed by atoms with van der Waals surface area (Å²) in [4.78, 5) is 11.2. The van der Waals surface area contributed by atoms with Gasteiger partial charge in [-0.05, 0) is 37.5 Å². The van der Waals surface area contributed by atoms with E-state index in [0.29, 0.717) is 6.04 Å². The van der Waals surface area contributed by atoms with E-state index in [1.54, 1.807) is 6.33 Å². The van der Waals surface area contributed by atoms with Crippen LogP contribution in [-0.4, -0.2) is 16.0 Å². The number of rotatable bonds is 7. The molecular weight excluding hydrogens is 320 g/mol. The third kappa shape index (κ3) is 4.60. The van der Waals surface area contributed by atoms with Crippen molar-refractivity contribution in [3.63, 3.8) is 0 Å². The lowest BCUT2D eigenvalue weighted by molar-refractivity contribution is 0.671. The Labute approximate surface area is 155 Å². The van der Waals surface area contributed by atoms with Crippen LogP contribution in [0.2, 0.25) is 0 Å². The molecular formula is C22H26N4. The van der Waals surface area contributed by atoms with Crippen molar-refractivity contribution in [1.29, 1.82) is 0 Å². The minimum Gasteiger partial charge on any atom is -0.366 e. The summed E-state index contributed by atoms with van der Waals surface area (Å²) in [6, 6.07) is 21.2. The van der Waals surface area contributed by atoms with Gasteiger partial charge in [0.25, 0.3) is 0 Å². The highest BCUT2D eigenvalue weighted by Crippen LogP contribution is 2.20. The van der Waals surface area contributed by atoms with E-state index in [1.165, 1.54) is 16.7 Å². The first-order valence-corrected chi connectivity index (χ1v) is 9.04. The Bertz CT molecular complexity index is 830. The van der Waals surface area contributed by atoms with Gasteiger partial charge >= 0.3 is 0 Å². The van der Waals surface area contributed by atoms with Gasteiger partial charge in [0.15, 0.2) is 0 Å². The largest absolute Gasteiger partial charge is 0.366 e. The van der Waals surface area contributed by atoms with Crippen LogP contribution in [0.15, 0.2) is 67.0 Å². The third-order valence-electron chi connectivity index (χ3n) is 4.49. The summed E-state index contributed by atoms with van der Waals surface area (Å²) >= 11 is 0. The molecule has 0 aliphatic heterocycles. The van der Waals surface area contributed by atoms with Crippen molar-refractivity contribution in [1.82, 2.24) is 9.97 Å². The molecule has 4 nitrogen and oxygen atoms in total. The first kappa shape index (κ1) is 17.9. The molecule has 26 heavy (non-hydrogen) atoms. The SMILES string of the molecule is Cc1ccccc1CNc1cc(N(Cc2ccccc2)C(C)C)ncn1. The number of aryl methyl sites for hydroxylation is 1. The maximum absolute atomic E-state index is 4.50. The van der Waals surface area contributed by atoms with Gasteiger partial charge in [-0.25, -0.2) is 9.97 Å². The number of nitrogens with one attached hydrogen (secondary N) is 1. The average Bonchev–Trinajstić information content (AvgIpc) is 2.66. The van der Waals surface area contributed by atoms with Gasteiger partial charge in [-0.15, -0.1) is 0 Å². The Balaban J connectivity index is 1.75. The number of benzene rings is 2. The zero-order chi connectivity index (χ0) is 18.4. The van der Waals surface area contributed by atoms with Crippen LogP contribution in [0.1, 0.15) is 30.5 Å². The Morgan fingerprint density at radius 1 is 0.962 bits per heavy atom. The molecule has 0 amide bonds. The van der Waals surface area contributed by atoms with Crippen LogP contribution >= 0.6 is 0 Å². The van der Waals surface area contributed by atoms with E-state index >= 15 is 0 Å². The highest BCUT2D eigenvalue weighted by Gasteiger charge is 2.13. The number of anilines is 2. The molecule has 0 spiro atoms. The van der Waals surface area contributed by atoms with Crippen molar-refractivity contribution in [2.45, 2.75) is 39.9 Å². The predicted octanol–water partition coefficient (Wildman–Crippen LogP) is 4.81. The highest BCUT2D eigenvalue weighted by atomic mass is 15.2. The molecule has 0 unspecified atom stereocenters. The molecule has 1 aromatic heterocycles. The van der Waals surface area contributed by atoms with Crippen LogP contribution in [0.4, 0.5) is 11.6 Å². The molecule has 3 rings (SSSR count). The summed E-state index contributed by atoms with van der Waals surface area (Å²) in [5.74, 6) is 1.78. The quantitative estimate of drug-likeness (QED) is 0.666. The van der Waals surface area contributed by atoms with E-state index in [4.69, 9.17) is 0 Å². The normalized spacial score (nSPS) is 10.8. The minimum atomic E-state index is 0.342. The zero-order valence-corrected chi connectivity index (χ0v) is 15.7. The Morgan fingerprint density at radius 3 is 2.42 bits per heavy atom. The van der Waals surface area contributed by atoms with Crippen molar-refractivity contribution in [3.8, 4) is 0 Å². The van der Waals surface area contributed by atoms with Gasteiger partial charge in [0, 0.05) is 25.2 Å². The van der Waals surface area contributed by atoms with Crippen molar-refractivity contribution < 1.29 is 0 Å². The van der Waals surface area contributed by atoms with Gasteiger partial charge in [0.1, 0.15) is 18.0 Å². The third-order valence-corrected chi connectivity index (χ3v) is 4.49. The second-order valence-corrected chi connectivity index (χ2v) is 6.75. The van der Waals surface area contributed by atoms with Crippen LogP contribution in [0, 0.1) is 6.92 Å². The molecule has 3 aromatic rings. The number of nitrogens with zero attached hydrogens (tertiary/aromatic N) is 3. The van der Waals surface area contributed by atoms with Gasteiger partial charge in [-0.3, -0.25) is 0 Å². The van der Waals surface area contributed by atoms with Crippen LogP contribution in [0.5, 0.6) is 0 Å². The van der Waals surface area contributed by atoms with Gasteiger partial charge in [-0.1, -0.05) is 54.6 Å². The van der Waals surface area contributed by atoms with Crippen molar-refractivity contribution in [2.75, 3.05) is 10.2 Å². The second kappa shape index (κ2) is 8.48. The zero-order valence-electron chi connectivity index (χ0n) is 15.7. The molecule has 0 saturated carbocycles. The lowest BCUT2D eigenvalue weighted by Gasteiger charge is -2.28. The summed E-state index contributed by atoms with van der Waals surface area (Å²) in [7, 11) is 0. The first-order chi connectivity index (χ1) is 12.6. The maximum atomic E-state index is 4.50. The predicted molar refractivity (Wildman–Crippen MR) is 108 cm³/mol. The Morgan fingerprint density at radius 2 is 1.69 bits per heavy atom. The van der Waals surface area contributed by atoms with Gasteiger partial charge in [0.2, 0.25) is 0 Å². The Kier molecular flexibility index (Phi) is 5.84. The summed E-state index contributed by atoms with van der Waals surface area (Å²) in [6.07, 6.45) is 1.63. The standard InChI is InChI=1S/C22H26N4/c1-17(2)26(15-19-10-5-4-6-11-19)22-13-21(24-16-25-22)23-14-20-12-8-7-9-18(20)3/h4-13,16-17H,14-15H2,1-3H3,(H,23,24,25). The molecule has 134 valence electrons. The fourth-order valence-electron chi connectivity index (χ4n) is 2.90. The molecule has 0 aliphatic carbocycles. The molecule has 1 N–H and O–H groups in total. The topological polar surface area (TPSA) is 41.0 Å². The van der Waals surface area contributed by atoms with E-state index in [9.17, 15) is 0 Å². The van der Waals surface area contributed by atoms with Crippen molar-refractivity contribution >= 4 is 11.6 Å². The van der Waals surface area contributed by atoms with Crippen LogP contribution < -0.4 is 10.2 Å². The molecule has 0 aliphatic rings. The smallest absolute Gasteiger partial charge is 0.134 e. The van der Waals surface area contributed by atoms with E-state index in [0.717, 1.165) is 24.7 Å². The molecule has 0 radical (unpaired) electrons. The molecule has 2 aromatic carbocycles. The van der Waals surface area contributed by atoms with Gasteiger partial charge < -0.3 is 10.2 Å². The number of aromatic nitrogens is 2. The summed E-state index contributed by atoms with van der Waals surface area (Å²) in [6.45, 7) is 8.08. The van der Waals surface area contributed by atoms with Crippen molar-refractivity contribution in [2.24, 2.45) is 0 Å². The second-order valence-electron chi connectivity index (χ2n) is 6.75. The molecule has 0 saturated heterocycles. The first-order valence-electron chi connectivity index (χ1n) is 9.04. The van der Waals surface area contributed by atoms with Crippen LogP contribution in [0.25, 0.3) is 0 Å². The lowest BCUT2D eigenvalue weighted by atomic mass is 10.1. The Hall–Kier alpha value is -2.88. The molecule has 0 bridgehead atoms. The molecule has 4 heteroatoms. The van der Waals surface area contributed by atoms with Gasteiger partial charge in [-0.2, -0.15) is 0 Å². The highest BCUT2D eigenvalue weighted by molar-refractivity contribution is 5.50. The molecule has 0 fully saturated rings. The van der Waals surface area contributed by atoms with Crippen LogP contribution in [-0.2, 0) is 13.1 Å². The lowest BCUT2D eigenvalue weighted by Crippen LogP contribution is -2.31. The molecule has 1 heterocycles. The van der Waals surface area contributed by atoms with Crippen LogP contribution in [0.3, 0.4) is 0 Å². The average molecular weight is 346 g/mol. The van der Waals surface area contributed by atoms with E-state index in [2.05, 4.69) is 89.5 Å². The van der Waals surface area contributed by atoms with E-state index in [-0.39, 0.29) is 0 Å². The summed E-state index contributed by atoms with van der Waals surface area (Å²) in [5, 5.41) is 3.42. The fraction of sp³-hybridized carbons (Fsp3) is 0.273. The van der Waals surface area contributed by atoms with Gasteiger partial charge in [0.05, 0.1) is 0 Å². The number of hydrogen-bond donors (Lipinski definition) is 1. The summed E-state index contributed by atoms with van der Waals surface area (Å²) in [5.41, 5.74) is 3.83. The van der Waals surface area contributed by atoms with E-state index in [1.807, 2.05) is 12.1 Å².